The number of benzene rings is 3. The van der Waals surface area contributed by atoms with E-state index >= 15 is 0 Å². The van der Waals surface area contributed by atoms with Crippen LogP contribution < -0.4 is 5.32 Å². The van der Waals surface area contributed by atoms with E-state index in [9.17, 15) is 14.7 Å². The number of hydrogen-bond donors (Lipinski definition) is 2. The van der Waals surface area contributed by atoms with Crippen LogP contribution in [0.4, 0.5) is 5.13 Å². The maximum atomic E-state index is 12.8. The summed E-state index contributed by atoms with van der Waals surface area (Å²) >= 11 is 1.32. The van der Waals surface area contributed by atoms with Gasteiger partial charge in [-0.2, -0.15) is 0 Å². The number of carboxylic acid groups (broad SMARTS) is 1. The summed E-state index contributed by atoms with van der Waals surface area (Å²) in [5.41, 5.74) is 2.15. The first-order valence-corrected chi connectivity index (χ1v) is 9.09. The van der Waals surface area contributed by atoms with Crippen LogP contribution in [-0.4, -0.2) is 22.0 Å². The van der Waals surface area contributed by atoms with Crippen molar-refractivity contribution >= 4 is 39.1 Å². The Balaban J connectivity index is 1.68. The Morgan fingerprint density at radius 1 is 0.889 bits per heavy atom. The molecule has 0 bridgehead atoms. The molecule has 132 valence electrons. The Bertz CT molecular complexity index is 1150. The van der Waals surface area contributed by atoms with Crippen LogP contribution in [0.15, 0.2) is 72.1 Å². The lowest BCUT2D eigenvalue weighted by Crippen LogP contribution is -2.13. The number of carbonyl (C=O) groups is 2. The first kappa shape index (κ1) is 16.9. The summed E-state index contributed by atoms with van der Waals surface area (Å²) in [5, 5.41) is 15.7. The Hall–Kier alpha value is -3.51. The number of carbonyl (C=O) groups excluding carboxylic acids is 1. The summed E-state index contributed by atoms with van der Waals surface area (Å²) in [6, 6.07) is 19.8. The van der Waals surface area contributed by atoms with Gasteiger partial charge in [0.25, 0.3) is 5.91 Å². The number of aromatic carboxylic acids is 1. The molecule has 0 unspecified atom stereocenters. The lowest BCUT2D eigenvalue weighted by molar-refractivity contribution is 0.0699. The molecular formula is C21H14N2O3S. The quantitative estimate of drug-likeness (QED) is 0.532. The largest absolute Gasteiger partial charge is 0.478 e. The fourth-order valence-corrected chi connectivity index (χ4v) is 3.66. The van der Waals surface area contributed by atoms with Crippen LogP contribution in [0, 0.1) is 0 Å². The minimum absolute atomic E-state index is 0.0994. The highest BCUT2D eigenvalue weighted by atomic mass is 32.1. The van der Waals surface area contributed by atoms with Gasteiger partial charge < -0.3 is 5.11 Å². The first-order valence-electron chi connectivity index (χ1n) is 8.21. The molecule has 0 spiro atoms. The standard InChI is InChI=1S/C21H14N2O3S/c24-19(23-21-22-17(12-27-21)13-6-2-1-3-7-13)15-10-4-8-14-9-5-11-16(18(14)15)20(25)26/h1-12H,(H,25,26)(H,22,23,24). The van der Waals surface area contributed by atoms with Gasteiger partial charge >= 0.3 is 5.97 Å². The number of amides is 1. The smallest absolute Gasteiger partial charge is 0.336 e. The van der Waals surface area contributed by atoms with Crippen LogP contribution in [0.3, 0.4) is 0 Å². The number of thiazole rings is 1. The number of nitrogens with zero attached hydrogens (tertiary/aromatic N) is 1. The minimum Gasteiger partial charge on any atom is -0.478 e. The zero-order valence-electron chi connectivity index (χ0n) is 14.0. The van der Waals surface area contributed by atoms with Crippen LogP contribution in [0.5, 0.6) is 0 Å². The van der Waals surface area contributed by atoms with E-state index in [1.807, 2.05) is 35.7 Å². The molecule has 0 aliphatic heterocycles. The second-order valence-electron chi connectivity index (χ2n) is 5.87. The maximum Gasteiger partial charge on any atom is 0.336 e. The van der Waals surface area contributed by atoms with E-state index in [2.05, 4.69) is 10.3 Å². The molecule has 4 rings (SSSR count). The number of carboxylic acids is 1. The van der Waals surface area contributed by atoms with Crippen LogP contribution in [-0.2, 0) is 0 Å². The van der Waals surface area contributed by atoms with Gasteiger partial charge in [-0.3, -0.25) is 10.1 Å². The predicted molar refractivity (Wildman–Crippen MR) is 106 cm³/mol. The number of nitrogens with one attached hydrogen (secondary N) is 1. The summed E-state index contributed by atoms with van der Waals surface area (Å²) in [5.74, 6) is -1.45. The van der Waals surface area contributed by atoms with E-state index in [4.69, 9.17) is 0 Å². The zero-order chi connectivity index (χ0) is 18.8. The number of fused-ring (bicyclic) bond motifs is 1. The van der Waals surface area contributed by atoms with Gasteiger partial charge in [0, 0.05) is 21.9 Å². The Labute approximate surface area is 158 Å². The van der Waals surface area contributed by atoms with Crippen molar-refractivity contribution < 1.29 is 14.7 Å². The molecule has 27 heavy (non-hydrogen) atoms. The van der Waals surface area contributed by atoms with Gasteiger partial charge in [-0.25, -0.2) is 9.78 Å². The molecular weight excluding hydrogens is 360 g/mol. The van der Waals surface area contributed by atoms with E-state index in [-0.39, 0.29) is 11.5 Å². The fraction of sp³-hybridized carbons (Fsp3) is 0. The van der Waals surface area contributed by atoms with Gasteiger partial charge in [0.2, 0.25) is 0 Å². The van der Waals surface area contributed by atoms with Gasteiger partial charge in [-0.1, -0.05) is 54.6 Å². The number of rotatable bonds is 4. The lowest BCUT2D eigenvalue weighted by atomic mass is 9.99. The van der Waals surface area contributed by atoms with Crippen molar-refractivity contribution in [3.8, 4) is 11.3 Å². The third kappa shape index (κ3) is 3.30. The third-order valence-corrected chi connectivity index (χ3v) is 4.93. The lowest BCUT2D eigenvalue weighted by Gasteiger charge is -2.09. The number of anilines is 1. The molecule has 3 aromatic carbocycles. The van der Waals surface area contributed by atoms with E-state index in [0.717, 1.165) is 11.3 Å². The molecule has 0 radical (unpaired) electrons. The molecule has 5 nitrogen and oxygen atoms in total. The van der Waals surface area contributed by atoms with Gasteiger partial charge in [0.15, 0.2) is 5.13 Å². The second-order valence-corrected chi connectivity index (χ2v) is 6.73. The molecule has 1 heterocycles. The number of hydrogen-bond acceptors (Lipinski definition) is 4. The molecule has 1 aromatic heterocycles. The van der Waals surface area contributed by atoms with Crippen molar-refractivity contribution in [1.29, 1.82) is 0 Å². The fourth-order valence-electron chi connectivity index (χ4n) is 2.95. The average Bonchev–Trinajstić information content (AvgIpc) is 3.16. The molecule has 0 atom stereocenters. The van der Waals surface area contributed by atoms with Gasteiger partial charge in [0.1, 0.15) is 0 Å². The first-order chi connectivity index (χ1) is 13.1. The van der Waals surface area contributed by atoms with Gasteiger partial charge in [0.05, 0.1) is 11.3 Å². The van der Waals surface area contributed by atoms with E-state index in [0.29, 0.717) is 21.5 Å². The molecule has 2 N–H and O–H groups in total. The highest BCUT2D eigenvalue weighted by Gasteiger charge is 2.17. The molecule has 0 saturated carbocycles. The topological polar surface area (TPSA) is 79.3 Å². The molecule has 0 aliphatic carbocycles. The normalized spacial score (nSPS) is 10.7. The molecule has 6 heteroatoms. The molecule has 0 fully saturated rings. The van der Waals surface area contributed by atoms with E-state index in [1.165, 1.54) is 17.4 Å². The van der Waals surface area contributed by atoms with Crippen LogP contribution >= 0.6 is 11.3 Å². The SMILES string of the molecule is O=C(O)c1cccc2cccc(C(=O)Nc3nc(-c4ccccc4)cs3)c12. The molecule has 1 amide bonds. The van der Waals surface area contributed by atoms with Crippen LogP contribution in [0.1, 0.15) is 20.7 Å². The summed E-state index contributed by atoms with van der Waals surface area (Å²) in [4.78, 5) is 28.8. The van der Waals surface area contributed by atoms with Crippen LogP contribution in [0.2, 0.25) is 0 Å². The van der Waals surface area contributed by atoms with E-state index in [1.54, 1.807) is 30.3 Å². The van der Waals surface area contributed by atoms with Crippen molar-refractivity contribution in [3.05, 3.63) is 83.2 Å². The van der Waals surface area contributed by atoms with E-state index < -0.39 is 5.97 Å². The van der Waals surface area contributed by atoms with Crippen molar-refractivity contribution in [2.75, 3.05) is 5.32 Å². The summed E-state index contributed by atoms with van der Waals surface area (Å²) < 4.78 is 0. The van der Waals surface area contributed by atoms with Gasteiger partial charge in [-0.05, 0) is 17.5 Å². The zero-order valence-corrected chi connectivity index (χ0v) is 14.9. The maximum absolute atomic E-state index is 12.8. The summed E-state index contributed by atoms with van der Waals surface area (Å²) in [6.45, 7) is 0. The molecule has 0 saturated heterocycles. The van der Waals surface area contributed by atoms with Crippen molar-refractivity contribution in [1.82, 2.24) is 4.98 Å². The average molecular weight is 374 g/mol. The monoisotopic (exact) mass is 374 g/mol. The Kier molecular flexibility index (Phi) is 4.40. The van der Waals surface area contributed by atoms with Crippen molar-refractivity contribution in [3.63, 3.8) is 0 Å². The molecule has 4 aromatic rings. The summed E-state index contributed by atoms with van der Waals surface area (Å²) in [6.07, 6.45) is 0. The third-order valence-electron chi connectivity index (χ3n) is 4.17. The van der Waals surface area contributed by atoms with Gasteiger partial charge in [-0.15, -0.1) is 11.3 Å². The Morgan fingerprint density at radius 2 is 1.59 bits per heavy atom. The predicted octanol–water partition coefficient (Wildman–Crippen LogP) is 4.91. The highest BCUT2D eigenvalue weighted by molar-refractivity contribution is 7.14. The second kappa shape index (κ2) is 7.01. The van der Waals surface area contributed by atoms with Crippen molar-refractivity contribution in [2.45, 2.75) is 0 Å². The Morgan fingerprint density at radius 3 is 2.30 bits per heavy atom. The molecule has 0 aliphatic rings. The number of aromatic nitrogens is 1. The van der Waals surface area contributed by atoms with Crippen molar-refractivity contribution in [2.24, 2.45) is 0 Å². The van der Waals surface area contributed by atoms with Crippen LogP contribution in [0.25, 0.3) is 22.0 Å². The summed E-state index contributed by atoms with van der Waals surface area (Å²) in [7, 11) is 0. The highest BCUT2D eigenvalue weighted by Crippen LogP contribution is 2.27. The minimum atomic E-state index is -1.07.